The van der Waals surface area contributed by atoms with Crippen molar-refractivity contribution in [2.24, 2.45) is 0 Å². The van der Waals surface area contributed by atoms with E-state index in [1.165, 1.54) is 0 Å². The molecular weight excluding hydrogens is 294 g/mol. The highest BCUT2D eigenvalue weighted by Gasteiger charge is 2.06. The Kier molecular flexibility index (Phi) is 4.04. The zero-order valence-corrected chi connectivity index (χ0v) is 11.4. The largest absolute Gasteiger partial charge is 0.348 e. The first-order chi connectivity index (χ1) is 8.66. The molecule has 0 aliphatic heterocycles. The van der Waals surface area contributed by atoms with Crippen LogP contribution in [-0.2, 0) is 6.54 Å². The fourth-order valence-corrected chi connectivity index (χ4v) is 1.87. The van der Waals surface area contributed by atoms with Crippen molar-refractivity contribution in [2.75, 3.05) is 0 Å². The van der Waals surface area contributed by atoms with E-state index in [1.54, 1.807) is 30.7 Å². The Hall–Kier alpha value is -1.75. The van der Waals surface area contributed by atoms with Crippen molar-refractivity contribution in [3.05, 3.63) is 58.1 Å². The van der Waals surface area contributed by atoms with Crippen LogP contribution in [0.15, 0.2) is 41.4 Å². The highest BCUT2D eigenvalue weighted by Crippen LogP contribution is 2.09. The second-order valence-electron chi connectivity index (χ2n) is 3.85. The quantitative estimate of drug-likeness (QED) is 0.886. The van der Waals surface area contributed by atoms with E-state index in [0.29, 0.717) is 16.7 Å². The second-order valence-corrected chi connectivity index (χ2v) is 4.66. The number of nitrogens with one attached hydrogen (secondary N) is 1. The molecule has 4 nitrogen and oxygen atoms in total. The van der Waals surface area contributed by atoms with E-state index < -0.39 is 0 Å². The highest BCUT2D eigenvalue weighted by molar-refractivity contribution is 9.10. The summed E-state index contributed by atoms with van der Waals surface area (Å²) in [5.41, 5.74) is 2.71. The zero-order valence-electron chi connectivity index (χ0n) is 9.85. The Morgan fingerprint density at radius 3 is 2.94 bits per heavy atom. The molecule has 2 aromatic heterocycles. The average Bonchev–Trinajstić information content (AvgIpc) is 2.37. The molecule has 0 saturated carbocycles. The number of aromatic nitrogens is 2. The third-order valence-corrected chi connectivity index (χ3v) is 3.01. The topological polar surface area (TPSA) is 54.9 Å². The van der Waals surface area contributed by atoms with Crippen molar-refractivity contribution in [3.8, 4) is 0 Å². The number of halogens is 1. The summed E-state index contributed by atoms with van der Waals surface area (Å²) in [6, 6.07) is 5.28. The summed E-state index contributed by atoms with van der Waals surface area (Å²) in [4.78, 5) is 19.9. The van der Waals surface area contributed by atoms with Gasteiger partial charge in [-0.1, -0.05) is 0 Å². The molecule has 5 heteroatoms. The van der Waals surface area contributed by atoms with Crippen LogP contribution in [0.25, 0.3) is 0 Å². The van der Waals surface area contributed by atoms with Gasteiger partial charge in [0.25, 0.3) is 5.91 Å². The van der Waals surface area contributed by atoms with Crippen molar-refractivity contribution < 1.29 is 4.79 Å². The number of aryl methyl sites for hydroxylation is 1. The maximum atomic E-state index is 11.9. The molecule has 0 saturated heterocycles. The van der Waals surface area contributed by atoms with Crippen molar-refractivity contribution in [1.82, 2.24) is 15.3 Å². The number of carbonyl (C=O) groups is 1. The van der Waals surface area contributed by atoms with Crippen molar-refractivity contribution in [3.63, 3.8) is 0 Å². The maximum Gasteiger partial charge on any atom is 0.251 e. The molecule has 18 heavy (non-hydrogen) atoms. The van der Waals surface area contributed by atoms with Crippen molar-refractivity contribution >= 4 is 21.8 Å². The molecule has 2 heterocycles. The van der Waals surface area contributed by atoms with E-state index >= 15 is 0 Å². The standard InChI is InChI=1S/C13H12BrN3O/c1-9-2-4-15-7-11(9)8-17-13(18)10-3-5-16-12(14)6-10/h2-7H,8H2,1H3,(H,17,18). The molecule has 0 spiro atoms. The van der Waals surface area contributed by atoms with Gasteiger partial charge in [0.1, 0.15) is 4.60 Å². The Balaban J connectivity index is 2.03. The minimum absolute atomic E-state index is 0.124. The maximum absolute atomic E-state index is 11.9. The predicted octanol–water partition coefficient (Wildman–Crippen LogP) is 2.48. The molecule has 2 aromatic rings. The SMILES string of the molecule is Cc1ccncc1CNC(=O)c1ccnc(Br)c1. The molecule has 0 bridgehead atoms. The summed E-state index contributed by atoms with van der Waals surface area (Å²) in [6.07, 6.45) is 5.09. The highest BCUT2D eigenvalue weighted by atomic mass is 79.9. The van der Waals surface area contributed by atoms with Crippen LogP contribution in [0.3, 0.4) is 0 Å². The Morgan fingerprint density at radius 1 is 1.39 bits per heavy atom. The number of rotatable bonds is 3. The zero-order chi connectivity index (χ0) is 13.0. The molecular formula is C13H12BrN3O. The van der Waals surface area contributed by atoms with Crippen LogP contribution in [0.2, 0.25) is 0 Å². The molecule has 0 aliphatic rings. The number of carbonyl (C=O) groups excluding carboxylic acids is 1. The van der Waals surface area contributed by atoms with Crippen LogP contribution < -0.4 is 5.32 Å². The van der Waals surface area contributed by atoms with Gasteiger partial charge in [-0.25, -0.2) is 4.98 Å². The van der Waals surface area contributed by atoms with Crippen molar-refractivity contribution in [1.29, 1.82) is 0 Å². The third kappa shape index (κ3) is 3.13. The van der Waals surface area contributed by atoms with Gasteiger partial charge in [0, 0.05) is 30.7 Å². The van der Waals surface area contributed by atoms with Crippen LogP contribution in [0.1, 0.15) is 21.5 Å². The number of pyridine rings is 2. The predicted molar refractivity (Wildman–Crippen MR) is 72.1 cm³/mol. The molecule has 0 fully saturated rings. The fraction of sp³-hybridized carbons (Fsp3) is 0.154. The minimum Gasteiger partial charge on any atom is -0.348 e. The fourth-order valence-electron chi connectivity index (χ4n) is 1.50. The second kappa shape index (κ2) is 5.73. The van der Waals surface area contributed by atoms with E-state index in [9.17, 15) is 4.79 Å². The Morgan fingerprint density at radius 2 is 2.22 bits per heavy atom. The first kappa shape index (κ1) is 12.7. The summed E-state index contributed by atoms with van der Waals surface area (Å²) in [5, 5.41) is 2.86. The number of nitrogens with zero attached hydrogens (tertiary/aromatic N) is 2. The normalized spacial score (nSPS) is 10.1. The molecule has 1 N–H and O–H groups in total. The summed E-state index contributed by atoms with van der Waals surface area (Å²) in [5.74, 6) is -0.124. The van der Waals surface area contributed by atoms with Gasteiger partial charge in [0.2, 0.25) is 0 Å². The van der Waals surface area contributed by atoms with E-state index in [0.717, 1.165) is 11.1 Å². The van der Waals surface area contributed by atoms with Crippen LogP contribution in [0.4, 0.5) is 0 Å². The van der Waals surface area contributed by atoms with Crippen molar-refractivity contribution in [2.45, 2.75) is 13.5 Å². The van der Waals surface area contributed by atoms with Crippen LogP contribution in [-0.4, -0.2) is 15.9 Å². The number of amides is 1. The lowest BCUT2D eigenvalue weighted by Gasteiger charge is -2.07. The van der Waals surface area contributed by atoms with Gasteiger partial charge in [0.05, 0.1) is 0 Å². The van der Waals surface area contributed by atoms with Gasteiger partial charge in [-0.2, -0.15) is 0 Å². The molecule has 0 atom stereocenters. The first-order valence-corrected chi connectivity index (χ1v) is 6.25. The Bertz CT molecular complexity index is 572. The van der Waals surface area contributed by atoms with E-state index in [-0.39, 0.29) is 5.91 Å². The van der Waals surface area contributed by atoms with Gasteiger partial charge < -0.3 is 5.32 Å². The van der Waals surface area contributed by atoms with Crippen LogP contribution in [0.5, 0.6) is 0 Å². The van der Waals surface area contributed by atoms with Gasteiger partial charge in [-0.15, -0.1) is 0 Å². The molecule has 0 radical (unpaired) electrons. The third-order valence-electron chi connectivity index (χ3n) is 2.58. The molecule has 0 unspecified atom stereocenters. The average molecular weight is 306 g/mol. The van der Waals surface area contributed by atoms with Crippen LogP contribution in [0, 0.1) is 6.92 Å². The summed E-state index contributed by atoms with van der Waals surface area (Å²) in [6.45, 7) is 2.46. The lowest BCUT2D eigenvalue weighted by molar-refractivity contribution is 0.0950. The summed E-state index contributed by atoms with van der Waals surface area (Å²) < 4.78 is 0.646. The monoisotopic (exact) mass is 305 g/mol. The first-order valence-electron chi connectivity index (χ1n) is 5.46. The molecule has 2 rings (SSSR count). The van der Waals surface area contributed by atoms with Crippen LogP contribution >= 0.6 is 15.9 Å². The Labute approximate surface area is 114 Å². The number of hydrogen-bond donors (Lipinski definition) is 1. The van der Waals surface area contributed by atoms with Gasteiger partial charge in [-0.05, 0) is 52.2 Å². The summed E-state index contributed by atoms with van der Waals surface area (Å²) >= 11 is 3.24. The number of hydrogen-bond acceptors (Lipinski definition) is 3. The van der Waals surface area contributed by atoms with Gasteiger partial charge in [0.15, 0.2) is 0 Å². The molecule has 0 aromatic carbocycles. The van der Waals surface area contributed by atoms with Gasteiger partial charge >= 0.3 is 0 Å². The lowest BCUT2D eigenvalue weighted by atomic mass is 10.1. The van der Waals surface area contributed by atoms with Gasteiger partial charge in [-0.3, -0.25) is 9.78 Å². The molecule has 1 amide bonds. The lowest BCUT2D eigenvalue weighted by Crippen LogP contribution is -2.23. The van der Waals surface area contributed by atoms with E-state index in [2.05, 4.69) is 31.2 Å². The smallest absolute Gasteiger partial charge is 0.251 e. The summed E-state index contributed by atoms with van der Waals surface area (Å²) in [7, 11) is 0. The molecule has 92 valence electrons. The van der Waals surface area contributed by atoms with E-state index in [1.807, 2.05) is 13.0 Å². The molecule has 0 aliphatic carbocycles. The van der Waals surface area contributed by atoms with E-state index in [4.69, 9.17) is 0 Å². The minimum atomic E-state index is -0.124.